The smallest absolute Gasteiger partial charge is 0.132 e. The molecule has 0 bridgehead atoms. The van der Waals surface area contributed by atoms with E-state index in [1.165, 1.54) is 16.7 Å². The average Bonchev–Trinajstić information content (AvgIpc) is 2.39. The van der Waals surface area contributed by atoms with Crippen molar-refractivity contribution in [3.05, 3.63) is 40.7 Å². The molecule has 0 fully saturated rings. The predicted molar refractivity (Wildman–Crippen MR) is 85.2 cm³/mol. The molecule has 0 unspecified atom stereocenters. The molecule has 1 aromatic heterocycles. The average molecular weight is 269 g/mol. The van der Waals surface area contributed by atoms with Gasteiger partial charge in [0.15, 0.2) is 0 Å². The Morgan fingerprint density at radius 2 is 1.65 bits per heavy atom. The highest BCUT2D eigenvalue weighted by molar-refractivity contribution is 5.69. The maximum absolute atomic E-state index is 4.77. The number of hydrogen-bond acceptors (Lipinski definition) is 3. The molecule has 1 N–H and O–H groups in total. The molecule has 0 atom stereocenters. The quantitative estimate of drug-likeness (QED) is 0.909. The normalized spacial score (nSPS) is 10.7. The first-order valence-electron chi connectivity index (χ1n) is 7.19. The third-order valence-corrected chi connectivity index (χ3v) is 3.40. The van der Waals surface area contributed by atoms with Crippen LogP contribution < -0.4 is 5.32 Å². The molecule has 0 radical (unpaired) electrons. The van der Waals surface area contributed by atoms with Crippen molar-refractivity contribution in [2.24, 2.45) is 0 Å². The van der Waals surface area contributed by atoms with Crippen LogP contribution in [0, 0.1) is 20.8 Å². The lowest BCUT2D eigenvalue weighted by Crippen LogP contribution is -2.05. The van der Waals surface area contributed by atoms with E-state index < -0.39 is 0 Å². The van der Waals surface area contributed by atoms with Gasteiger partial charge in [-0.3, -0.25) is 0 Å². The van der Waals surface area contributed by atoms with E-state index in [1.807, 2.05) is 7.05 Å². The van der Waals surface area contributed by atoms with E-state index in [4.69, 9.17) is 4.98 Å². The summed E-state index contributed by atoms with van der Waals surface area (Å²) in [4.78, 5) is 9.36. The van der Waals surface area contributed by atoms with E-state index in [9.17, 15) is 0 Å². The minimum Gasteiger partial charge on any atom is -0.373 e. The highest BCUT2D eigenvalue weighted by atomic mass is 15.0. The molecule has 0 saturated carbocycles. The van der Waals surface area contributed by atoms with E-state index in [-0.39, 0.29) is 0 Å². The zero-order valence-electron chi connectivity index (χ0n) is 13.0. The predicted octanol–water partition coefficient (Wildman–Crippen LogP) is 4.06. The van der Waals surface area contributed by atoms with Gasteiger partial charge in [-0.15, -0.1) is 0 Å². The molecule has 0 amide bonds. The molecule has 0 aliphatic rings. The molecule has 0 aliphatic carbocycles. The number of hydrogen-bond donors (Lipinski definition) is 1. The van der Waals surface area contributed by atoms with E-state index in [0.29, 0.717) is 0 Å². The Morgan fingerprint density at radius 3 is 2.20 bits per heavy atom. The van der Waals surface area contributed by atoms with Gasteiger partial charge in [0.25, 0.3) is 0 Å². The largest absolute Gasteiger partial charge is 0.373 e. The highest BCUT2D eigenvalue weighted by Crippen LogP contribution is 2.27. The standard InChI is InChI=1S/C17H23N3/c1-6-7-15-19-16(13(4)17(18-5)20-15)14-9-11(2)8-12(3)10-14/h8-10H,6-7H2,1-5H3,(H,18,19,20). The van der Waals surface area contributed by atoms with Gasteiger partial charge in [0.05, 0.1) is 5.69 Å². The van der Waals surface area contributed by atoms with Crippen LogP contribution in [-0.4, -0.2) is 17.0 Å². The first-order valence-corrected chi connectivity index (χ1v) is 7.19. The van der Waals surface area contributed by atoms with Gasteiger partial charge in [0.1, 0.15) is 11.6 Å². The molecule has 2 rings (SSSR count). The monoisotopic (exact) mass is 269 g/mol. The first-order chi connectivity index (χ1) is 9.55. The molecule has 0 saturated heterocycles. The number of aryl methyl sites for hydroxylation is 3. The lowest BCUT2D eigenvalue weighted by atomic mass is 10.0. The van der Waals surface area contributed by atoms with Crippen LogP contribution in [-0.2, 0) is 6.42 Å². The van der Waals surface area contributed by atoms with Crippen molar-refractivity contribution in [2.75, 3.05) is 12.4 Å². The minimum atomic E-state index is 0.909. The molecule has 20 heavy (non-hydrogen) atoms. The van der Waals surface area contributed by atoms with Crippen molar-refractivity contribution in [3.63, 3.8) is 0 Å². The van der Waals surface area contributed by atoms with Crippen LogP contribution in [0.25, 0.3) is 11.3 Å². The van der Waals surface area contributed by atoms with Crippen molar-refractivity contribution < 1.29 is 0 Å². The molecule has 0 aliphatic heterocycles. The number of aromatic nitrogens is 2. The number of benzene rings is 1. The summed E-state index contributed by atoms with van der Waals surface area (Å²) in [5, 5.41) is 3.18. The summed E-state index contributed by atoms with van der Waals surface area (Å²) in [6.45, 7) is 8.48. The van der Waals surface area contributed by atoms with Gasteiger partial charge in [-0.1, -0.05) is 24.1 Å². The van der Waals surface area contributed by atoms with Gasteiger partial charge in [-0.25, -0.2) is 9.97 Å². The van der Waals surface area contributed by atoms with Crippen molar-refractivity contribution in [2.45, 2.75) is 40.5 Å². The van der Waals surface area contributed by atoms with E-state index in [1.54, 1.807) is 0 Å². The lowest BCUT2D eigenvalue weighted by Gasteiger charge is -2.13. The maximum atomic E-state index is 4.77. The summed E-state index contributed by atoms with van der Waals surface area (Å²) in [5.41, 5.74) is 5.86. The van der Waals surface area contributed by atoms with Gasteiger partial charge in [-0.2, -0.15) is 0 Å². The van der Waals surface area contributed by atoms with E-state index >= 15 is 0 Å². The highest BCUT2D eigenvalue weighted by Gasteiger charge is 2.12. The van der Waals surface area contributed by atoms with Crippen LogP contribution in [0.5, 0.6) is 0 Å². The summed E-state index contributed by atoms with van der Waals surface area (Å²) in [6.07, 6.45) is 1.96. The third kappa shape index (κ3) is 2.98. The molecule has 1 heterocycles. The summed E-state index contributed by atoms with van der Waals surface area (Å²) >= 11 is 0. The topological polar surface area (TPSA) is 37.8 Å². The molecular weight excluding hydrogens is 246 g/mol. The fourth-order valence-corrected chi connectivity index (χ4v) is 2.53. The Hall–Kier alpha value is -1.90. The molecular formula is C17H23N3. The van der Waals surface area contributed by atoms with Crippen molar-refractivity contribution >= 4 is 5.82 Å². The first kappa shape index (κ1) is 14.5. The zero-order chi connectivity index (χ0) is 14.7. The molecule has 1 aromatic carbocycles. The Kier molecular flexibility index (Phi) is 4.38. The van der Waals surface area contributed by atoms with Crippen LogP contribution in [0.2, 0.25) is 0 Å². The SMILES string of the molecule is CCCc1nc(NC)c(C)c(-c2cc(C)cc(C)c2)n1. The molecule has 3 heteroatoms. The van der Waals surface area contributed by atoms with Crippen molar-refractivity contribution in [1.82, 2.24) is 9.97 Å². The number of anilines is 1. The van der Waals surface area contributed by atoms with Gasteiger partial charge < -0.3 is 5.32 Å². The third-order valence-electron chi connectivity index (χ3n) is 3.40. The Morgan fingerprint density at radius 1 is 1.00 bits per heavy atom. The van der Waals surface area contributed by atoms with Crippen LogP contribution in [0.15, 0.2) is 18.2 Å². The van der Waals surface area contributed by atoms with Gasteiger partial charge in [0.2, 0.25) is 0 Å². The fourth-order valence-electron chi connectivity index (χ4n) is 2.53. The Bertz CT molecular complexity index is 598. The Labute approximate surface area is 121 Å². The lowest BCUT2D eigenvalue weighted by molar-refractivity contribution is 0.834. The molecule has 3 nitrogen and oxygen atoms in total. The number of nitrogens with one attached hydrogen (secondary N) is 1. The van der Waals surface area contributed by atoms with Gasteiger partial charge in [0, 0.05) is 24.6 Å². The van der Waals surface area contributed by atoms with Crippen LogP contribution >= 0.6 is 0 Å². The Balaban J connectivity index is 2.61. The van der Waals surface area contributed by atoms with E-state index in [2.05, 4.69) is 56.2 Å². The minimum absolute atomic E-state index is 0.909. The van der Waals surface area contributed by atoms with Gasteiger partial charge in [-0.05, 0) is 39.3 Å². The zero-order valence-corrected chi connectivity index (χ0v) is 13.0. The van der Waals surface area contributed by atoms with Gasteiger partial charge >= 0.3 is 0 Å². The van der Waals surface area contributed by atoms with Crippen LogP contribution in [0.1, 0.15) is 35.9 Å². The summed E-state index contributed by atoms with van der Waals surface area (Å²) in [7, 11) is 1.91. The number of nitrogens with zero attached hydrogens (tertiary/aromatic N) is 2. The van der Waals surface area contributed by atoms with Crippen LogP contribution in [0.4, 0.5) is 5.82 Å². The van der Waals surface area contributed by atoms with Crippen molar-refractivity contribution in [3.8, 4) is 11.3 Å². The summed E-state index contributed by atoms with van der Waals surface area (Å²) < 4.78 is 0. The van der Waals surface area contributed by atoms with E-state index in [0.717, 1.165) is 35.7 Å². The maximum Gasteiger partial charge on any atom is 0.132 e. The molecule has 0 spiro atoms. The second kappa shape index (κ2) is 6.04. The number of rotatable bonds is 4. The summed E-state index contributed by atoms with van der Waals surface area (Å²) in [6, 6.07) is 6.57. The summed E-state index contributed by atoms with van der Waals surface area (Å²) in [5.74, 6) is 1.84. The van der Waals surface area contributed by atoms with Crippen LogP contribution in [0.3, 0.4) is 0 Å². The second-order valence-corrected chi connectivity index (χ2v) is 5.34. The van der Waals surface area contributed by atoms with Crippen molar-refractivity contribution in [1.29, 1.82) is 0 Å². The second-order valence-electron chi connectivity index (χ2n) is 5.34. The molecule has 106 valence electrons. The molecule has 2 aromatic rings. The fraction of sp³-hybridized carbons (Fsp3) is 0.412.